The van der Waals surface area contributed by atoms with Crippen molar-refractivity contribution in [1.82, 2.24) is 20.2 Å². The van der Waals surface area contributed by atoms with Crippen LogP contribution in [0.3, 0.4) is 0 Å². The highest BCUT2D eigenvalue weighted by Gasteiger charge is 2.13. The van der Waals surface area contributed by atoms with Crippen molar-refractivity contribution in [3.8, 4) is 17.2 Å². The summed E-state index contributed by atoms with van der Waals surface area (Å²) in [6.45, 7) is 2.54. The number of methoxy groups -OCH3 is 1. The van der Waals surface area contributed by atoms with E-state index in [0.29, 0.717) is 23.1 Å². The van der Waals surface area contributed by atoms with Gasteiger partial charge in [0.2, 0.25) is 5.16 Å². The van der Waals surface area contributed by atoms with E-state index in [-0.39, 0.29) is 11.5 Å². The Morgan fingerprint density at radius 1 is 1.08 bits per heavy atom. The van der Waals surface area contributed by atoms with Gasteiger partial charge in [-0.25, -0.2) is 0 Å². The molecule has 3 aromatic rings. The van der Waals surface area contributed by atoms with Gasteiger partial charge in [-0.1, -0.05) is 11.8 Å². The molecule has 0 aliphatic carbocycles. The molecule has 0 aliphatic rings. The fourth-order valence-corrected chi connectivity index (χ4v) is 3.06. The first kappa shape index (κ1) is 17.9. The molecule has 0 bridgehead atoms. The minimum atomic E-state index is -0.00102. The summed E-state index contributed by atoms with van der Waals surface area (Å²) >= 11 is 1.29. The number of hydrogen-bond donors (Lipinski definition) is 0. The largest absolute Gasteiger partial charge is 0.497 e. The highest BCUT2D eigenvalue weighted by atomic mass is 32.2. The molecule has 0 unspecified atom stereocenters. The molecule has 0 saturated carbocycles. The molecule has 134 valence electrons. The van der Waals surface area contributed by atoms with Gasteiger partial charge in [0.15, 0.2) is 5.78 Å². The van der Waals surface area contributed by atoms with E-state index < -0.39 is 0 Å². The lowest BCUT2D eigenvalue weighted by Crippen LogP contribution is -2.05. The first-order valence-electron chi connectivity index (χ1n) is 8.03. The van der Waals surface area contributed by atoms with Crippen LogP contribution in [0, 0.1) is 0 Å². The highest BCUT2D eigenvalue weighted by molar-refractivity contribution is 7.99. The molecular weight excluding hydrogens is 352 g/mol. The molecule has 0 radical (unpaired) electrons. The lowest BCUT2D eigenvalue weighted by molar-refractivity contribution is 0.102. The van der Waals surface area contributed by atoms with E-state index in [2.05, 4.69) is 15.5 Å². The number of Topliss-reactive ketones (excluding diaryl/α,β-unsaturated/α-hetero) is 1. The number of thioether (sulfide) groups is 1. The van der Waals surface area contributed by atoms with Gasteiger partial charge in [0.05, 0.1) is 25.2 Å². The summed E-state index contributed by atoms with van der Waals surface area (Å²) in [5.41, 5.74) is 1.43. The van der Waals surface area contributed by atoms with Gasteiger partial charge in [-0.15, -0.1) is 5.10 Å². The van der Waals surface area contributed by atoms with Crippen LogP contribution < -0.4 is 9.47 Å². The molecule has 0 N–H and O–H groups in total. The van der Waals surface area contributed by atoms with Crippen molar-refractivity contribution in [3.63, 3.8) is 0 Å². The number of nitrogens with zero attached hydrogens (tertiary/aromatic N) is 4. The first-order valence-corrected chi connectivity index (χ1v) is 9.01. The number of hydrogen-bond acceptors (Lipinski definition) is 7. The van der Waals surface area contributed by atoms with Gasteiger partial charge >= 0.3 is 0 Å². The van der Waals surface area contributed by atoms with Gasteiger partial charge in [-0.05, 0) is 65.9 Å². The van der Waals surface area contributed by atoms with Gasteiger partial charge in [0, 0.05) is 5.56 Å². The van der Waals surface area contributed by atoms with Gasteiger partial charge in [-0.3, -0.25) is 4.79 Å². The second-order valence-corrected chi connectivity index (χ2v) is 6.18. The summed E-state index contributed by atoms with van der Waals surface area (Å²) in [4.78, 5) is 12.3. The molecular formula is C18H18N4O3S. The van der Waals surface area contributed by atoms with Gasteiger partial charge in [0.1, 0.15) is 11.5 Å². The zero-order chi connectivity index (χ0) is 18.4. The minimum Gasteiger partial charge on any atom is -0.497 e. The third kappa shape index (κ3) is 4.20. The summed E-state index contributed by atoms with van der Waals surface area (Å²) in [5, 5.41) is 12.3. The Hall–Kier alpha value is -2.87. The van der Waals surface area contributed by atoms with Crippen LogP contribution in [0.15, 0.2) is 53.7 Å². The molecule has 7 nitrogen and oxygen atoms in total. The van der Waals surface area contributed by atoms with Crippen molar-refractivity contribution in [1.29, 1.82) is 0 Å². The standard InChI is InChI=1S/C18H18N4O3S/c1-3-25-16-10-6-14(7-11-16)22-18(19-20-21-22)26-12-17(23)13-4-8-15(24-2)9-5-13/h4-11H,3,12H2,1-2H3. The van der Waals surface area contributed by atoms with E-state index in [1.54, 1.807) is 36.1 Å². The lowest BCUT2D eigenvalue weighted by atomic mass is 10.1. The molecule has 0 amide bonds. The fourth-order valence-electron chi connectivity index (χ4n) is 2.27. The van der Waals surface area contributed by atoms with Gasteiger partial charge in [0.25, 0.3) is 0 Å². The molecule has 0 spiro atoms. The molecule has 0 aliphatic heterocycles. The molecule has 0 fully saturated rings. The van der Waals surface area contributed by atoms with Crippen molar-refractivity contribution in [2.24, 2.45) is 0 Å². The Labute approximate surface area is 155 Å². The van der Waals surface area contributed by atoms with Gasteiger partial charge in [-0.2, -0.15) is 4.68 Å². The first-order chi connectivity index (χ1) is 12.7. The van der Waals surface area contributed by atoms with Crippen molar-refractivity contribution in [2.75, 3.05) is 19.5 Å². The Bertz CT molecular complexity index is 863. The van der Waals surface area contributed by atoms with Crippen LogP contribution >= 0.6 is 11.8 Å². The van der Waals surface area contributed by atoms with E-state index in [0.717, 1.165) is 11.4 Å². The Kier molecular flexibility index (Phi) is 5.85. The number of aromatic nitrogens is 4. The van der Waals surface area contributed by atoms with E-state index in [1.165, 1.54) is 11.8 Å². The summed E-state index contributed by atoms with van der Waals surface area (Å²) in [6.07, 6.45) is 0. The molecule has 0 saturated heterocycles. The van der Waals surface area contributed by atoms with Crippen molar-refractivity contribution < 1.29 is 14.3 Å². The number of rotatable bonds is 8. The molecule has 0 atom stereocenters. The monoisotopic (exact) mass is 370 g/mol. The van der Waals surface area contributed by atoms with Crippen LogP contribution in [0.4, 0.5) is 0 Å². The average Bonchev–Trinajstić information content (AvgIpc) is 3.15. The minimum absolute atomic E-state index is 0.00102. The zero-order valence-corrected chi connectivity index (χ0v) is 15.3. The van der Waals surface area contributed by atoms with Crippen LogP contribution in [-0.4, -0.2) is 45.5 Å². The van der Waals surface area contributed by atoms with E-state index >= 15 is 0 Å². The van der Waals surface area contributed by atoms with E-state index in [9.17, 15) is 4.79 Å². The summed E-state index contributed by atoms with van der Waals surface area (Å²) in [7, 11) is 1.59. The van der Waals surface area contributed by atoms with E-state index in [1.807, 2.05) is 31.2 Å². The maximum Gasteiger partial charge on any atom is 0.214 e. The van der Waals surface area contributed by atoms with Crippen LogP contribution in [0.25, 0.3) is 5.69 Å². The Morgan fingerprint density at radius 2 is 1.77 bits per heavy atom. The van der Waals surface area contributed by atoms with Crippen molar-refractivity contribution >= 4 is 17.5 Å². The number of tetrazole rings is 1. The summed E-state index contributed by atoms with van der Waals surface area (Å²) in [5.74, 6) is 1.74. The third-order valence-electron chi connectivity index (χ3n) is 3.58. The number of carbonyl (C=O) groups is 1. The Balaban J connectivity index is 1.67. The maximum absolute atomic E-state index is 12.3. The van der Waals surface area contributed by atoms with E-state index in [4.69, 9.17) is 9.47 Å². The smallest absolute Gasteiger partial charge is 0.214 e. The number of carbonyl (C=O) groups excluding carboxylic acids is 1. The second-order valence-electron chi connectivity index (χ2n) is 5.24. The summed E-state index contributed by atoms with van der Waals surface area (Å²) < 4.78 is 12.1. The Morgan fingerprint density at radius 3 is 2.42 bits per heavy atom. The molecule has 8 heteroatoms. The van der Waals surface area contributed by atoms with Crippen LogP contribution in [-0.2, 0) is 0 Å². The highest BCUT2D eigenvalue weighted by Crippen LogP contribution is 2.22. The summed E-state index contributed by atoms with van der Waals surface area (Å²) in [6, 6.07) is 14.5. The average molecular weight is 370 g/mol. The van der Waals surface area contributed by atoms with Gasteiger partial charge < -0.3 is 9.47 Å². The topological polar surface area (TPSA) is 79.1 Å². The fraction of sp³-hybridized carbons (Fsp3) is 0.222. The third-order valence-corrected chi connectivity index (χ3v) is 4.50. The second kappa shape index (κ2) is 8.48. The predicted octanol–water partition coefficient (Wildman–Crippen LogP) is 3.04. The van der Waals surface area contributed by atoms with Crippen molar-refractivity contribution in [3.05, 3.63) is 54.1 Å². The SMILES string of the molecule is CCOc1ccc(-n2nnnc2SCC(=O)c2ccc(OC)cc2)cc1. The van der Waals surface area contributed by atoms with Crippen LogP contribution in [0.1, 0.15) is 17.3 Å². The lowest BCUT2D eigenvalue weighted by Gasteiger charge is -2.06. The predicted molar refractivity (Wildman–Crippen MR) is 98.4 cm³/mol. The molecule has 26 heavy (non-hydrogen) atoms. The molecule has 3 rings (SSSR count). The molecule has 2 aromatic carbocycles. The zero-order valence-electron chi connectivity index (χ0n) is 14.5. The number of ketones is 1. The molecule has 1 heterocycles. The quantitative estimate of drug-likeness (QED) is 0.445. The molecule has 1 aromatic heterocycles. The van der Waals surface area contributed by atoms with Crippen LogP contribution in [0.2, 0.25) is 0 Å². The normalized spacial score (nSPS) is 10.5. The number of ether oxygens (including phenoxy) is 2. The maximum atomic E-state index is 12.3. The van der Waals surface area contributed by atoms with Crippen molar-refractivity contribution in [2.45, 2.75) is 12.1 Å². The van der Waals surface area contributed by atoms with Crippen LogP contribution in [0.5, 0.6) is 11.5 Å². The number of benzene rings is 2.